The highest BCUT2D eigenvalue weighted by Gasteiger charge is 2.22. The van der Waals surface area contributed by atoms with E-state index in [9.17, 15) is 13.2 Å². The van der Waals surface area contributed by atoms with Gasteiger partial charge in [-0.2, -0.15) is 0 Å². The minimum absolute atomic E-state index is 0.144. The molecule has 1 N–H and O–H groups in total. The van der Waals surface area contributed by atoms with Gasteiger partial charge in [-0.1, -0.05) is 81.4 Å². The van der Waals surface area contributed by atoms with Crippen LogP contribution in [0.4, 0.5) is 5.69 Å². The Bertz CT molecular complexity index is 1170. The van der Waals surface area contributed by atoms with Gasteiger partial charge in [-0.3, -0.25) is 9.10 Å². The largest absolute Gasteiger partial charge is 0.351 e. The van der Waals surface area contributed by atoms with Crippen molar-refractivity contribution in [1.29, 1.82) is 0 Å². The van der Waals surface area contributed by atoms with E-state index in [-0.39, 0.29) is 24.3 Å². The van der Waals surface area contributed by atoms with Crippen molar-refractivity contribution in [2.24, 2.45) is 0 Å². The van der Waals surface area contributed by atoms with Crippen molar-refractivity contribution in [2.45, 2.75) is 39.2 Å². The van der Waals surface area contributed by atoms with E-state index in [2.05, 4.69) is 24.4 Å². The number of anilines is 1. The first-order valence-electron chi connectivity index (χ1n) is 11.2. The Morgan fingerprint density at radius 2 is 1.48 bits per heavy atom. The lowest BCUT2D eigenvalue weighted by atomic mass is 10.0. The van der Waals surface area contributed by atoms with Gasteiger partial charge >= 0.3 is 0 Å². The first-order chi connectivity index (χ1) is 15.7. The van der Waals surface area contributed by atoms with Crippen molar-refractivity contribution in [2.75, 3.05) is 17.1 Å². The van der Waals surface area contributed by atoms with E-state index in [4.69, 9.17) is 0 Å². The molecule has 0 bridgehead atoms. The minimum atomic E-state index is -3.49. The number of carbonyl (C=O) groups excluding carboxylic acids is 1. The summed E-state index contributed by atoms with van der Waals surface area (Å²) < 4.78 is 26.7. The molecule has 33 heavy (non-hydrogen) atoms. The lowest BCUT2D eigenvalue weighted by molar-refractivity contribution is 0.0951. The average Bonchev–Trinajstić information content (AvgIpc) is 2.81. The molecule has 0 saturated carbocycles. The van der Waals surface area contributed by atoms with E-state index in [1.54, 1.807) is 12.1 Å². The quantitative estimate of drug-likeness (QED) is 0.467. The third-order valence-electron chi connectivity index (χ3n) is 5.71. The summed E-state index contributed by atoms with van der Waals surface area (Å²) in [6.07, 6.45) is 1.22. The summed E-state index contributed by atoms with van der Waals surface area (Å²) in [6.45, 7) is 6.91. The maximum absolute atomic E-state index is 12.6. The Morgan fingerprint density at radius 3 is 2.09 bits per heavy atom. The zero-order valence-electron chi connectivity index (χ0n) is 19.7. The SMILES string of the molecule is CC(C)c1ccccc1N(Cc1ccc(C(=O)NC[C@H](C)c2ccccc2)cc1)S(C)(=O)=O. The Morgan fingerprint density at radius 1 is 0.879 bits per heavy atom. The van der Waals surface area contributed by atoms with Gasteiger partial charge in [0, 0.05) is 12.1 Å². The fourth-order valence-corrected chi connectivity index (χ4v) is 4.67. The number of benzene rings is 3. The fraction of sp³-hybridized carbons (Fsp3) is 0.296. The molecule has 3 aromatic rings. The van der Waals surface area contributed by atoms with E-state index in [0.717, 1.165) is 11.1 Å². The van der Waals surface area contributed by atoms with Crippen molar-refractivity contribution in [1.82, 2.24) is 5.32 Å². The Kier molecular flexibility index (Phi) is 7.92. The molecule has 5 nitrogen and oxygen atoms in total. The predicted molar refractivity (Wildman–Crippen MR) is 135 cm³/mol. The van der Waals surface area contributed by atoms with Crippen molar-refractivity contribution < 1.29 is 13.2 Å². The first-order valence-corrected chi connectivity index (χ1v) is 13.0. The van der Waals surface area contributed by atoms with E-state index in [1.807, 2.05) is 68.4 Å². The number of hydrogen-bond acceptors (Lipinski definition) is 3. The van der Waals surface area contributed by atoms with Crippen molar-refractivity contribution in [3.8, 4) is 0 Å². The van der Waals surface area contributed by atoms with Gasteiger partial charge < -0.3 is 5.32 Å². The van der Waals surface area contributed by atoms with Crippen LogP contribution < -0.4 is 9.62 Å². The highest BCUT2D eigenvalue weighted by molar-refractivity contribution is 7.92. The highest BCUT2D eigenvalue weighted by atomic mass is 32.2. The summed E-state index contributed by atoms with van der Waals surface area (Å²) >= 11 is 0. The topological polar surface area (TPSA) is 66.5 Å². The second-order valence-corrected chi connectivity index (χ2v) is 10.6. The summed E-state index contributed by atoms with van der Waals surface area (Å²) in [5.41, 5.74) is 4.20. The number of carbonyl (C=O) groups is 1. The molecular formula is C27H32N2O3S. The molecule has 3 rings (SSSR count). The van der Waals surface area contributed by atoms with Gasteiger partial charge in [0.25, 0.3) is 5.91 Å². The van der Waals surface area contributed by atoms with Gasteiger partial charge in [0.1, 0.15) is 0 Å². The molecule has 0 aliphatic rings. The molecule has 0 aliphatic heterocycles. The number of nitrogens with one attached hydrogen (secondary N) is 1. The second-order valence-electron chi connectivity index (χ2n) is 8.70. The Labute approximate surface area is 197 Å². The van der Waals surface area contributed by atoms with Gasteiger partial charge in [-0.25, -0.2) is 8.42 Å². The smallest absolute Gasteiger partial charge is 0.251 e. The molecule has 0 fully saturated rings. The van der Waals surface area contributed by atoms with Gasteiger partial charge in [0.15, 0.2) is 0 Å². The predicted octanol–water partition coefficient (Wildman–Crippen LogP) is 5.31. The number of hydrogen-bond donors (Lipinski definition) is 1. The number of amides is 1. The molecule has 3 aromatic carbocycles. The minimum Gasteiger partial charge on any atom is -0.351 e. The summed E-state index contributed by atoms with van der Waals surface area (Å²) in [5.74, 6) is 0.253. The van der Waals surface area contributed by atoms with Gasteiger partial charge in [-0.05, 0) is 46.7 Å². The molecular weight excluding hydrogens is 432 g/mol. The Balaban J connectivity index is 1.71. The van der Waals surface area contributed by atoms with Crippen LogP contribution in [0.5, 0.6) is 0 Å². The van der Waals surface area contributed by atoms with Crippen LogP contribution in [-0.2, 0) is 16.6 Å². The van der Waals surface area contributed by atoms with Crippen LogP contribution in [0.2, 0.25) is 0 Å². The maximum Gasteiger partial charge on any atom is 0.251 e. The molecule has 0 heterocycles. The van der Waals surface area contributed by atoms with Crippen LogP contribution in [-0.4, -0.2) is 27.1 Å². The van der Waals surface area contributed by atoms with Gasteiger partial charge in [0.2, 0.25) is 10.0 Å². The van der Waals surface area contributed by atoms with E-state index in [1.165, 1.54) is 16.1 Å². The van der Waals surface area contributed by atoms with Crippen LogP contribution in [0.15, 0.2) is 78.9 Å². The lowest BCUT2D eigenvalue weighted by Crippen LogP contribution is -2.30. The third-order valence-corrected chi connectivity index (χ3v) is 6.83. The molecule has 0 unspecified atom stereocenters. The molecule has 1 amide bonds. The molecule has 0 aromatic heterocycles. The lowest BCUT2D eigenvalue weighted by Gasteiger charge is -2.26. The van der Waals surface area contributed by atoms with Crippen LogP contribution >= 0.6 is 0 Å². The zero-order chi connectivity index (χ0) is 24.0. The summed E-state index contributed by atoms with van der Waals surface area (Å²) in [6, 6.07) is 24.7. The number of para-hydroxylation sites is 1. The van der Waals surface area contributed by atoms with E-state index < -0.39 is 10.0 Å². The van der Waals surface area contributed by atoms with Crippen molar-refractivity contribution in [3.63, 3.8) is 0 Å². The van der Waals surface area contributed by atoms with Crippen molar-refractivity contribution >= 4 is 21.6 Å². The number of nitrogens with zero attached hydrogens (tertiary/aromatic N) is 1. The summed E-state index contributed by atoms with van der Waals surface area (Å²) in [4.78, 5) is 12.6. The van der Waals surface area contributed by atoms with Gasteiger partial charge in [-0.15, -0.1) is 0 Å². The monoisotopic (exact) mass is 464 g/mol. The van der Waals surface area contributed by atoms with E-state index >= 15 is 0 Å². The third kappa shape index (κ3) is 6.45. The molecule has 174 valence electrons. The molecule has 1 atom stereocenters. The molecule has 6 heteroatoms. The van der Waals surface area contributed by atoms with Gasteiger partial charge in [0.05, 0.1) is 18.5 Å². The summed E-state index contributed by atoms with van der Waals surface area (Å²) in [7, 11) is -3.49. The van der Waals surface area contributed by atoms with Crippen LogP contribution in [0.25, 0.3) is 0 Å². The molecule has 0 aliphatic carbocycles. The molecule has 0 spiro atoms. The molecule has 0 saturated heterocycles. The zero-order valence-corrected chi connectivity index (χ0v) is 20.5. The maximum atomic E-state index is 12.6. The number of sulfonamides is 1. The average molecular weight is 465 g/mol. The standard InChI is InChI=1S/C27H32N2O3S/c1-20(2)25-12-8-9-13-26(25)29(33(4,31)32)19-22-14-16-24(17-15-22)27(30)28-18-21(3)23-10-6-5-7-11-23/h5-17,20-21H,18-19H2,1-4H3,(H,28,30)/t21-/m0/s1. The van der Waals surface area contributed by atoms with Crippen LogP contribution in [0, 0.1) is 0 Å². The Hall–Kier alpha value is -3.12. The number of rotatable bonds is 9. The summed E-state index contributed by atoms with van der Waals surface area (Å²) in [5, 5.41) is 2.98. The molecule has 0 radical (unpaired) electrons. The highest BCUT2D eigenvalue weighted by Crippen LogP contribution is 2.30. The normalized spacial score (nSPS) is 12.4. The van der Waals surface area contributed by atoms with Crippen LogP contribution in [0.3, 0.4) is 0 Å². The van der Waals surface area contributed by atoms with E-state index in [0.29, 0.717) is 17.8 Å². The van der Waals surface area contributed by atoms with Crippen LogP contribution in [0.1, 0.15) is 59.7 Å². The fourth-order valence-electron chi connectivity index (χ4n) is 3.76. The first kappa shape index (κ1) is 24.5. The van der Waals surface area contributed by atoms with Crippen molar-refractivity contribution in [3.05, 3.63) is 101 Å². The second kappa shape index (κ2) is 10.7.